The van der Waals surface area contributed by atoms with Crippen molar-refractivity contribution in [3.05, 3.63) is 11.6 Å². The van der Waals surface area contributed by atoms with Gasteiger partial charge in [-0.25, -0.2) is 0 Å². The largest absolute Gasteiger partial charge is 0.379 e. The smallest absolute Gasteiger partial charge is 0.0651 e. The summed E-state index contributed by atoms with van der Waals surface area (Å²) < 4.78 is 5.47. The number of rotatable bonds is 6. The SMILES string of the molecule is CC/C(C)=C/CCC(C)(CC)OC. The van der Waals surface area contributed by atoms with Crippen molar-refractivity contribution in [1.82, 2.24) is 0 Å². The van der Waals surface area contributed by atoms with E-state index in [0.29, 0.717) is 0 Å². The van der Waals surface area contributed by atoms with Crippen LogP contribution in [0.15, 0.2) is 11.6 Å². The Labute approximate surface area is 83.2 Å². The van der Waals surface area contributed by atoms with Crippen LogP contribution >= 0.6 is 0 Å². The molecule has 0 radical (unpaired) electrons. The lowest BCUT2D eigenvalue weighted by Gasteiger charge is -2.26. The van der Waals surface area contributed by atoms with Crippen molar-refractivity contribution in [2.45, 2.75) is 59.0 Å². The van der Waals surface area contributed by atoms with Crippen molar-refractivity contribution in [3.8, 4) is 0 Å². The molecule has 0 fully saturated rings. The summed E-state index contributed by atoms with van der Waals surface area (Å²) in [6.45, 7) is 8.75. The van der Waals surface area contributed by atoms with Gasteiger partial charge in [-0.05, 0) is 39.5 Å². The highest BCUT2D eigenvalue weighted by molar-refractivity contribution is 4.97. The van der Waals surface area contributed by atoms with Gasteiger partial charge >= 0.3 is 0 Å². The van der Waals surface area contributed by atoms with Gasteiger partial charge in [0.1, 0.15) is 0 Å². The van der Waals surface area contributed by atoms with E-state index in [1.165, 1.54) is 5.57 Å². The topological polar surface area (TPSA) is 9.23 Å². The molecule has 0 saturated carbocycles. The van der Waals surface area contributed by atoms with Crippen LogP contribution in [0.3, 0.4) is 0 Å². The molecule has 0 aromatic carbocycles. The summed E-state index contributed by atoms with van der Waals surface area (Å²) in [6, 6.07) is 0. The molecule has 0 bridgehead atoms. The summed E-state index contributed by atoms with van der Waals surface area (Å²) >= 11 is 0. The summed E-state index contributed by atoms with van der Waals surface area (Å²) in [4.78, 5) is 0. The lowest BCUT2D eigenvalue weighted by atomic mass is 9.96. The minimum Gasteiger partial charge on any atom is -0.379 e. The Balaban J connectivity index is 3.86. The molecule has 0 N–H and O–H groups in total. The summed E-state index contributed by atoms with van der Waals surface area (Å²) in [5, 5.41) is 0. The van der Waals surface area contributed by atoms with Crippen molar-refractivity contribution in [2.75, 3.05) is 7.11 Å². The Hall–Kier alpha value is -0.300. The third kappa shape index (κ3) is 5.09. The monoisotopic (exact) mass is 184 g/mol. The van der Waals surface area contributed by atoms with Crippen LogP contribution in [-0.2, 0) is 4.74 Å². The van der Waals surface area contributed by atoms with Crippen LogP contribution in [0.4, 0.5) is 0 Å². The molecule has 13 heavy (non-hydrogen) atoms. The Bertz CT molecular complexity index is 155. The van der Waals surface area contributed by atoms with E-state index in [2.05, 4.69) is 33.8 Å². The fourth-order valence-electron chi connectivity index (χ4n) is 1.19. The lowest BCUT2D eigenvalue weighted by Crippen LogP contribution is -2.25. The van der Waals surface area contributed by atoms with Gasteiger partial charge in [-0.3, -0.25) is 0 Å². The molecule has 0 aromatic heterocycles. The van der Waals surface area contributed by atoms with Gasteiger partial charge in [0.25, 0.3) is 0 Å². The van der Waals surface area contributed by atoms with Crippen molar-refractivity contribution in [3.63, 3.8) is 0 Å². The minimum atomic E-state index is 0.0739. The summed E-state index contributed by atoms with van der Waals surface area (Å²) in [5.74, 6) is 0. The standard InChI is InChI=1S/C12H24O/c1-6-11(3)9-8-10-12(4,7-2)13-5/h9H,6-8,10H2,1-5H3/b11-9+. The van der Waals surface area contributed by atoms with E-state index in [4.69, 9.17) is 4.74 Å². The van der Waals surface area contributed by atoms with Crippen LogP contribution in [0.5, 0.6) is 0 Å². The first-order valence-corrected chi connectivity index (χ1v) is 5.28. The molecule has 0 aliphatic carbocycles. The maximum absolute atomic E-state index is 5.47. The maximum Gasteiger partial charge on any atom is 0.0651 e. The van der Waals surface area contributed by atoms with Gasteiger partial charge in [-0.1, -0.05) is 25.5 Å². The molecule has 0 saturated heterocycles. The molecule has 1 unspecified atom stereocenters. The Morgan fingerprint density at radius 2 is 2.00 bits per heavy atom. The first kappa shape index (κ1) is 12.7. The van der Waals surface area contributed by atoms with E-state index in [9.17, 15) is 0 Å². The van der Waals surface area contributed by atoms with E-state index >= 15 is 0 Å². The molecular formula is C12H24O. The molecule has 0 aliphatic heterocycles. The van der Waals surface area contributed by atoms with E-state index in [1.807, 2.05) is 0 Å². The predicted molar refractivity (Wildman–Crippen MR) is 59.0 cm³/mol. The molecule has 0 amide bonds. The zero-order valence-corrected chi connectivity index (χ0v) is 9.81. The first-order valence-electron chi connectivity index (χ1n) is 5.28. The molecule has 0 aliphatic rings. The third-order valence-electron chi connectivity index (χ3n) is 2.96. The normalized spacial score (nSPS) is 17.2. The van der Waals surface area contributed by atoms with Crippen molar-refractivity contribution >= 4 is 0 Å². The highest BCUT2D eigenvalue weighted by Gasteiger charge is 2.19. The van der Waals surface area contributed by atoms with E-state index in [0.717, 1.165) is 25.7 Å². The van der Waals surface area contributed by atoms with Gasteiger partial charge in [0.15, 0.2) is 0 Å². The molecule has 0 spiro atoms. The molecule has 0 aromatic rings. The fourth-order valence-corrected chi connectivity index (χ4v) is 1.19. The lowest BCUT2D eigenvalue weighted by molar-refractivity contribution is -0.00343. The van der Waals surface area contributed by atoms with E-state index in [-0.39, 0.29) is 5.60 Å². The average molecular weight is 184 g/mol. The molecule has 1 nitrogen and oxygen atoms in total. The molecule has 0 heterocycles. The van der Waals surface area contributed by atoms with Gasteiger partial charge in [-0.2, -0.15) is 0 Å². The summed E-state index contributed by atoms with van der Waals surface area (Å²) in [7, 11) is 1.81. The van der Waals surface area contributed by atoms with E-state index in [1.54, 1.807) is 7.11 Å². The third-order valence-corrected chi connectivity index (χ3v) is 2.96. The van der Waals surface area contributed by atoms with Crippen LogP contribution < -0.4 is 0 Å². The van der Waals surface area contributed by atoms with Crippen LogP contribution in [0.25, 0.3) is 0 Å². The number of allylic oxidation sites excluding steroid dienone is 2. The summed E-state index contributed by atoms with van der Waals surface area (Å²) in [6.07, 6.45) is 6.83. The number of methoxy groups -OCH3 is 1. The van der Waals surface area contributed by atoms with Gasteiger partial charge < -0.3 is 4.74 Å². The quantitative estimate of drug-likeness (QED) is 0.568. The molecule has 78 valence electrons. The highest BCUT2D eigenvalue weighted by Crippen LogP contribution is 2.21. The second-order valence-corrected chi connectivity index (χ2v) is 3.95. The zero-order valence-electron chi connectivity index (χ0n) is 9.81. The minimum absolute atomic E-state index is 0.0739. The van der Waals surface area contributed by atoms with Crippen molar-refractivity contribution in [1.29, 1.82) is 0 Å². The molecule has 1 heteroatoms. The summed E-state index contributed by atoms with van der Waals surface area (Å²) in [5.41, 5.74) is 1.56. The number of hydrogen-bond donors (Lipinski definition) is 0. The van der Waals surface area contributed by atoms with E-state index < -0.39 is 0 Å². The molecule has 0 rings (SSSR count). The fraction of sp³-hybridized carbons (Fsp3) is 0.833. The predicted octanol–water partition coefficient (Wildman–Crippen LogP) is 3.94. The Kier molecular flexibility index (Phi) is 6.06. The second-order valence-electron chi connectivity index (χ2n) is 3.95. The first-order chi connectivity index (χ1) is 6.08. The highest BCUT2D eigenvalue weighted by atomic mass is 16.5. The van der Waals surface area contributed by atoms with Gasteiger partial charge in [0, 0.05) is 7.11 Å². The molecule has 1 atom stereocenters. The van der Waals surface area contributed by atoms with Gasteiger partial charge in [0.05, 0.1) is 5.60 Å². The van der Waals surface area contributed by atoms with Crippen LogP contribution in [0.1, 0.15) is 53.4 Å². The molecular weight excluding hydrogens is 160 g/mol. The Morgan fingerprint density at radius 1 is 1.38 bits per heavy atom. The van der Waals surface area contributed by atoms with Gasteiger partial charge in [-0.15, -0.1) is 0 Å². The van der Waals surface area contributed by atoms with Crippen molar-refractivity contribution in [2.24, 2.45) is 0 Å². The van der Waals surface area contributed by atoms with Gasteiger partial charge in [0.2, 0.25) is 0 Å². The van der Waals surface area contributed by atoms with Crippen LogP contribution in [-0.4, -0.2) is 12.7 Å². The zero-order chi connectivity index (χ0) is 10.3. The maximum atomic E-state index is 5.47. The second kappa shape index (κ2) is 6.20. The van der Waals surface area contributed by atoms with Crippen LogP contribution in [0.2, 0.25) is 0 Å². The van der Waals surface area contributed by atoms with Crippen molar-refractivity contribution < 1.29 is 4.74 Å². The average Bonchev–Trinajstić information content (AvgIpc) is 2.17. The Morgan fingerprint density at radius 3 is 2.38 bits per heavy atom. The number of ether oxygens (including phenoxy) is 1. The number of hydrogen-bond acceptors (Lipinski definition) is 1. The van der Waals surface area contributed by atoms with Crippen LogP contribution in [0, 0.1) is 0 Å².